The Morgan fingerprint density at radius 1 is 1.25 bits per heavy atom. The van der Waals surface area contributed by atoms with Gasteiger partial charge in [0.05, 0.1) is 0 Å². The largest absolute Gasteiger partial charge is 0.152 e. The fourth-order valence-corrected chi connectivity index (χ4v) is 2.36. The number of thiophene rings is 1. The summed E-state index contributed by atoms with van der Waals surface area (Å²) < 4.78 is 0. The van der Waals surface area contributed by atoms with Crippen molar-refractivity contribution in [1.82, 2.24) is 0 Å². The molecule has 0 nitrogen and oxygen atoms in total. The summed E-state index contributed by atoms with van der Waals surface area (Å²) in [5, 5.41) is 4.08. The van der Waals surface area contributed by atoms with E-state index in [2.05, 4.69) is 6.08 Å². The number of hydrogen-bond acceptors (Lipinski definition) is 1. The summed E-state index contributed by atoms with van der Waals surface area (Å²) in [6.45, 7) is 0. The molecule has 1 heterocycles. The van der Waals surface area contributed by atoms with Gasteiger partial charge in [0.1, 0.15) is 0 Å². The maximum atomic E-state index is 2.42. The Balaban J connectivity index is 0.000000100. The van der Waals surface area contributed by atoms with Crippen LogP contribution in [0.15, 0.2) is 34.5 Å². The van der Waals surface area contributed by atoms with Crippen LogP contribution in [0.5, 0.6) is 0 Å². The van der Waals surface area contributed by atoms with E-state index in [1.165, 1.54) is 25.7 Å². The lowest BCUT2D eigenvalue weighted by molar-refractivity contribution is 0.576. The fourth-order valence-electron chi connectivity index (χ4n) is 1.91. The lowest BCUT2D eigenvalue weighted by Gasteiger charge is -1.98. The molecule has 0 radical (unpaired) electrons. The van der Waals surface area contributed by atoms with Crippen LogP contribution in [0.3, 0.4) is 0 Å². The van der Waals surface area contributed by atoms with Gasteiger partial charge in [0, 0.05) is 0 Å². The number of rotatable bonds is 0. The van der Waals surface area contributed by atoms with E-state index in [0.29, 0.717) is 0 Å². The van der Waals surface area contributed by atoms with Gasteiger partial charge in [-0.15, -0.1) is 0 Å². The molecule has 0 saturated heterocycles. The van der Waals surface area contributed by atoms with E-state index in [1.807, 2.05) is 22.9 Å². The molecule has 3 rings (SSSR count). The van der Waals surface area contributed by atoms with Crippen molar-refractivity contribution in [2.24, 2.45) is 5.92 Å². The first-order valence-electron chi connectivity index (χ1n) is 4.60. The summed E-state index contributed by atoms with van der Waals surface area (Å²) in [4.78, 5) is 0. The highest BCUT2D eigenvalue weighted by Gasteiger charge is 2.22. The van der Waals surface area contributed by atoms with Crippen molar-refractivity contribution in [2.45, 2.75) is 25.7 Å². The number of fused-ring (bicyclic) bond motifs is 2. The van der Waals surface area contributed by atoms with Crippen LogP contribution in [-0.4, -0.2) is 0 Å². The Labute approximate surface area is 77.9 Å². The molecule has 2 bridgehead atoms. The van der Waals surface area contributed by atoms with Crippen LogP contribution in [0.1, 0.15) is 25.7 Å². The molecule has 0 aliphatic heterocycles. The minimum absolute atomic E-state index is 1.08. The van der Waals surface area contributed by atoms with E-state index in [0.717, 1.165) is 5.92 Å². The van der Waals surface area contributed by atoms with Gasteiger partial charge in [0.25, 0.3) is 0 Å². The third-order valence-corrected chi connectivity index (χ3v) is 3.22. The Morgan fingerprint density at radius 2 is 2.08 bits per heavy atom. The summed E-state index contributed by atoms with van der Waals surface area (Å²) in [5.74, 6) is 1.08. The molecule has 0 spiro atoms. The van der Waals surface area contributed by atoms with E-state index in [4.69, 9.17) is 0 Å². The monoisotopic (exact) mass is 178 g/mol. The van der Waals surface area contributed by atoms with E-state index < -0.39 is 0 Å². The molecule has 64 valence electrons. The fraction of sp³-hybridized carbons (Fsp3) is 0.455. The highest BCUT2D eigenvalue weighted by Crippen LogP contribution is 2.38. The first-order chi connectivity index (χ1) is 5.95. The third-order valence-electron chi connectivity index (χ3n) is 2.59. The minimum atomic E-state index is 1.08. The Kier molecular flexibility index (Phi) is 2.62. The van der Waals surface area contributed by atoms with E-state index in [-0.39, 0.29) is 0 Å². The van der Waals surface area contributed by atoms with Crippen molar-refractivity contribution in [3.63, 3.8) is 0 Å². The summed E-state index contributed by atoms with van der Waals surface area (Å²) in [6, 6.07) is 4.04. The summed E-state index contributed by atoms with van der Waals surface area (Å²) in [5.41, 5.74) is 1.74. The lowest BCUT2D eigenvalue weighted by Crippen LogP contribution is -1.85. The van der Waals surface area contributed by atoms with E-state index in [1.54, 1.807) is 16.9 Å². The first kappa shape index (κ1) is 8.06. The standard InChI is InChI=1S/C7H10.C4H4S/c1-2-7-4-3-6(1)5-7;1-2-4-5-3-1/h1,7H,2-5H2;1-4H. The smallest absolute Gasteiger partial charge is 0.00934 e. The SMILES string of the molecule is C1=C2CCC(C1)C2.c1ccsc1. The maximum absolute atomic E-state index is 2.42. The third kappa shape index (κ3) is 1.98. The molecule has 1 aromatic rings. The Hall–Kier alpha value is -0.560. The zero-order valence-electron chi connectivity index (χ0n) is 7.20. The first-order valence-corrected chi connectivity index (χ1v) is 5.54. The molecule has 0 amide bonds. The lowest BCUT2D eigenvalue weighted by atomic mass is 10.1. The van der Waals surface area contributed by atoms with Gasteiger partial charge in [-0.25, -0.2) is 0 Å². The zero-order chi connectivity index (χ0) is 8.23. The highest BCUT2D eigenvalue weighted by molar-refractivity contribution is 7.07. The van der Waals surface area contributed by atoms with Gasteiger partial charge in [-0.2, -0.15) is 11.3 Å². The number of hydrogen-bond donors (Lipinski definition) is 0. The Bertz CT molecular complexity index is 229. The predicted molar refractivity (Wildman–Crippen MR) is 54.4 cm³/mol. The van der Waals surface area contributed by atoms with Gasteiger partial charge >= 0.3 is 0 Å². The molecule has 0 aromatic carbocycles. The van der Waals surface area contributed by atoms with Crippen LogP contribution in [-0.2, 0) is 0 Å². The second-order valence-electron chi connectivity index (χ2n) is 3.50. The molecule has 1 heteroatoms. The molecule has 1 atom stereocenters. The second kappa shape index (κ2) is 3.90. The van der Waals surface area contributed by atoms with E-state index in [9.17, 15) is 0 Å². The molecule has 1 unspecified atom stereocenters. The average Bonchev–Trinajstić information content (AvgIpc) is 2.86. The van der Waals surface area contributed by atoms with Crippen molar-refractivity contribution in [3.05, 3.63) is 34.5 Å². The Morgan fingerprint density at radius 3 is 2.25 bits per heavy atom. The van der Waals surface area contributed by atoms with Crippen molar-refractivity contribution in [3.8, 4) is 0 Å². The van der Waals surface area contributed by atoms with Crippen molar-refractivity contribution in [1.29, 1.82) is 0 Å². The maximum Gasteiger partial charge on any atom is -0.00934 e. The van der Waals surface area contributed by atoms with Gasteiger partial charge in [-0.3, -0.25) is 0 Å². The normalized spacial score (nSPS) is 24.7. The molecular formula is C11H14S. The van der Waals surface area contributed by atoms with Gasteiger partial charge in [0.15, 0.2) is 0 Å². The number of allylic oxidation sites excluding steroid dienone is 2. The van der Waals surface area contributed by atoms with Crippen molar-refractivity contribution < 1.29 is 0 Å². The molecule has 2 aliphatic carbocycles. The molecule has 12 heavy (non-hydrogen) atoms. The van der Waals surface area contributed by atoms with Crippen LogP contribution in [0.2, 0.25) is 0 Å². The summed E-state index contributed by atoms with van der Waals surface area (Å²) in [7, 11) is 0. The molecular weight excluding hydrogens is 164 g/mol. The van der Waals surface area contributed by atoms with Gasteiger partial charge in [0.2, 0.25) is 0 Å². The van der Waals surface area contributed by atoms with Gasteiger partial charge in [-0.05, 0) is 42.4 Å². The topological polar surface area (TPSA) is 0 Å². The minimum Gasteiger partial charge on any atom is -0.152 e. The summed E-state index contributed by atoms with van der Waals surface area (Å²) >= 11 is 1.71. The highest BCUT2D eigenvalue weighted by atomic mass is 32.1. The average molecular weight is 178 g/mol. The molecule has 0 N–H and O–H groups in total. The van der Waals surface area contributed by atoms with Crippen molar-refractivity contribution in [2.75, 3.05) is 0 Å². The van der Waals surface area contributed by atoms with Gasteiger partial charge in [-0.1, -0.05) is 23.8 Å². The predicted octanol–water partition coefficient (Wildman–Crippen LogP) is 3.86. The molecule has 1 saturated carbocycles. The molecule has 1 aromatic heterocycles. The molecule has 1 fully saturated rings. The second-order valence-corrected chi connectivity index (χ2v) is 4.32. The zero-order valence-corrected chi connectivity index (χ0v) is 8.02. The van der Waals surface area contributed by atoms with Crippen LogP contribution >= 0.6 is 11.3 Å². The van der Waals surface area contributed by atoms with Crippen LogP contribution < -0.4 is 0 Å². The molecule has 2 aliphatic rings. The quantitative estimate of drug-likeness (QED) is 0.529. The van der Waals surface area contributed by atoms with Crippen LogP contribution in [0.4, 0.5) is 0 Å². The summed E-state index contributed by atoms with van der Waals surface area (Å²) in [6.07, 6.45) is 8.18. The van der Waals surface area contributed by atoms with Crippen LogP contribution in [0, 0.1) is 5.92 Å². The van der Waals surface area contributed by atoms with E-state index >= 15 is 0 Å². The van der Waals surface area contributed by atoms with Crippen LogP contribution in [0.25, 0.3) is 0 Å². The van der Waals surface area contributed by atoms with Crippen molar-refractivity contribution >= 4 is 11.3 Å². The van der Waals surface area contributed by atoms with Gasteiger partial charge < -0.3 is 0 Å².